The summed E-state index contributed by atoms with van der Waals surface area (Å²) in [5, 5.41) is 4.02. The summed E-state index contributed by atoms with van der Waals surface area (Å²) in [6, 6.07) is 3.44. The van der Waals surface area contributed by atoms with Crippen molar-refractivity contribution in [3.63, 3.8) is 0 Å². The Balaban J connectivity index is 2.41. The molecule has 0 fully saturated rings. The van der Waals surface area contributed by atoms with Crippen LogP contribution in [0.1, 0.15) is 19.4 Å². The van der Waals surface area contributed by atoms with Crippen LogP contribution in [0.25, 0.3) is 6.08 Å². The van der Waals surface area contributed by atoms with Crippen LogP contribution in [0.3, 0.4) is 0 Å². The fourth-order valence-corrected chi connectivity index (χ4v) is 2.18. The first-order chi connectivity index (χ1) is 10.6. The van der Waals surface area contributed by atoms with Crippen molar-refractivity contribution in [1.29, 1.82) is 0 Å². The Morgan fingerprint density at radius 1 is 1.41 bits per heavy atom. The van der Waals surface area contributed by atoms with Crippen LogP contribution in [0, 0.1) is 0 Å². The minimum Gasteiger partial charge on any atom is -0.490 e. The second-order valence-corrected chi connectivity index (χ2v) is 4.88. The molecule has 0 radical (unpaired) electrons. The maximum absolute atomic E-state index is 11.6. The topological polar surface area (TPSA) is 57.1 Å². The zero-order valence-electron chi connectivity index (χ0n) is 12.4. The van der Waals surface area contributed by atoms with E-state index in [9.17, 15) is 4.79 Å². The summed E-state index contributed by atoms with van der Waals surface area (Å²) in [5.74, 6) is 0.466. The van der Waals surface area contributed by atoms with Crippen LogP contribution in [-0.4, -0.2) is 24.9 Å². The minimum absolute atomic E-state index is 0.318. The summed E-state index contributed by atoms with van der Waals surface area (Å²) in [7, 11) is 0. The van der Waals surface area contributed by atoms with Crippen molar-refractivity contribution in [1.82, 2.24) is 0 Å². The summed E-state index contributed by atoms with van der Waals surface area (Å²) in [6.45, 7) is 7.94. The number of hydrogen-bond acceptors (Lipinski definition) is 5. The van der Waals surface area contributed by atoms with Crippen molar-refractivity contribution in [2.75, 3.05) is 13.2 Å². The molecule has 2 rings (SSSR count). The fourth-order valence-electron chi connectivity index (χ4n) is 1.90. The lowest BCUT2D eigenvalue weighted by atomic mass is 10.1. The van der Waals surface area contributed by atoms with Gasteiger partial charge in [-0.05, 0) is 37.6 Å². The number of halogens is 1. The summed E-state index contributed by atoms with van der Waals surface area (Å²) >= 11 is 6.25. The molecule has 0 aliphatic carbocycles. The van der Waals surface area contributed by atoms with E-state index >= 15 is 0 Å². The maximum Gasteiger partial charge on any atom is 0.367 e. The number of hydrogen-bond donors (Lipinski definition) is 0. The highest BCUT2D eigenvalue weighted by molar-refractivity contribution is 6.32. The molecular formula is C16H16ClNO4. The van der Waals surface area contributed by atoms with Crippen LogP contribution in [0.4, 0.5) is 0 Å². The van der Waals surface area contributed by atoms with Gasteiger partial charge in [0.15, 0.2) is 11.5 Å². The Labute approximate surface area is 133 Å². The molecule has 1 aromatic rings. The van der Waals surface area contributed by atoms with Crippen LogP contribution in [0.15, 0.2) is 35.5 Å². The summed E-state index contributed by atoms with van der Waals surface area (Å²) in [4.78, 5) is 16.2. The Bertz CT molecular complexity index is 664. The standard InChI is InChI=1S/C16H16ClNO4/c1-4-6-21-15-13(17)8-11(9-14(15)20-5-2)7-12-10(3)18-22-16(12)19/h4,7-9H,1,5-6H2,2-3H3/b12-7+. The highest BCUT2D eigenvalue weighted by Gasteiger charge is 2.22. The largest absolute Gasteiger partial charge is 0.490 e. The smallest absolute Gasteiger partial charge is 0.367 e. The van der Waals surface area contributed by atoms with Crippen molar-refractivity contribution in [2.24, 2.45) is 5.16 Å². The molecule has 0 amide bonds. The minimum atomic E-state index is -0.487. The predicted molar refractivity (Wildman–Crippen MR) is 85.5 cm³/mol. The zero-order valence-corrected chi connectivity index (χ0v) is 13.1. The number of carbonyl (C=O) groups excluding carboxylic acids is 1. The molecule has 0 N–H and O–H groups in total. The van der Waals surface area contributed by atoms with Gasteiger partial charge in [0.05, 0.1) is 22.9 Å². The lowest BCUT2D eigenvalue weighted by Crippen LogP contribution is -2.03. The molecule has 0 aromatic heterocycles. The number of oxime groups is 1. The van der Waals surface area contributed by atoms with Crippen molar-refractivity contribution in [3.05, 3.63) is 40.9 Å². The van der Waals surface area contributed by atoms with Crippen molar-refractivity contribution >= 4 is 29.4 Å². The third kappa shape index (κ3) is 3.49. The second kappa shape index (κ2) is 7.13. The molecular weight excluding hydrogens is 306 g/mol. The molecule has 1 heterocycles. The molecule has 0 saturated carbocycles. The zero-order chi connectivity index (χ0) is 16.1. The number of benzene rings is 1. The molecule has 22 heavy (non-hydrogen) atoms. The highest BCUT2D eigenvalue weighted by atomic mass is 35.5. The molecule has 1 aliphatic rings. The van der Waals surface area contributed by atoms with E-state index in [1.807, 2.05) is 6.92 Å². The van der Waals surface area contributed by atoms with Gasteiger partial charge in [-0.15, -0.1) is 0 Å². The molecule has 1 aromatic carbocycles. The molecule has 0 bridgehead atoms. The van der Waals surface area contributed by atoms with E-state index in [1.165, 1.54) is 0 Å². The molecule has 0 atom stereocenters. The van der Waals surface area contributed by atoms with Gasteiger partial charge in [0.2, 0.25) is 0 Å². The van der Waals surface area contributed by atoms with Crippen LogP contribution in [-0.2, 0) is 9.63 Å². The monoisotopic (exact) mass is 321 g/mol. The van der Waals surface area contributed by atoms with E-state index in [0.29, 0.717) is 46.6 Å². The number of rotatable bonds is 6. The van der Waals surface area contributed by atoms with Crippen molar-refractivity contribution in [2.45, 2.75) is 13.8 Å². The molecule has 0 saturated heterocycles. The van der Waals surface area contributed by atoms with Gasteiger partial charge < -0.3 is 14.3 Å². The highest BCUT2D eigenvalue weighted by Crippen LogP contribution is 2.37. The average molecular weight is 322 g/mol. The van der Waals surface area contributed by atoms with Crippen molar-refractivity contribution in [3.8, 4) is 11.5 Å². The number of carbonyl (C=O) groups is 1. The lowest BCUT2D eigenvalue weighted by molar-refractivity contribution is -0.136. The van der Waals surface area contributed by atoms with Crippen LogP contribution < -0.4 is 9.47 Å². The normalized spacial score (nSPS) is 15.5. The third-order valence-electron chi connectivity index (χ3n) is 2.86. The first-order valence-electron chi connectivity index (χ1n) is 6.74. The van der Waals surface area contributed by atoms with Crippen LogP contribution in [0.2, 0.25) is 5.02 Å². The molecule has 116 valence electrons. The Morgan fingerprint density at radius 3 is 2.77 bits per heavy atom. The van der Waals surface area contributed by atoms with E-state index in [2.05, 4.69) is 16.6 Å². The molecule has 0 unspecified atom stereocenters. The van der Waals surface area contributed by atoms with Gasteiger partial charge in [-0.1, -0.05) is 29.4 Å². The van der Waals surface area contributed by atoms with Gasteiger partial charge in [-0.25, -0.2) is 4.79 Å². The molecule has 0 spiro atoms. The van der Waals surface area contributed by atoms with Gasteiger partial charge in [-0.2, -0.15) is 0 Å². The Kier molecular flexibility index (Phi) is 5.22. The lowest BCUT2D eigenvalue weighted by Gasteiger charge is -2.13. The summed E-state index contributed by atoms with van der Waals surface area (Å²) in [5.41, 5.74) is 1.60. The van der Waals surface area contributed by atoms with E-state index in [-0.39, 0.29) is 0 Å². The van der Waals surface area contributed by atoms with Crippen molar-refractivity contribution < 1.29 is 19.1 Å². The third-order valence-corrected chi connectivity index (χ3v) is 3.14. The maximum atomic E-state index is 11.6. The van der Waals surface area contributed by atoms with Crippen LogP contribution >= 0.6 is 11.6 Å². The fraction of sp³-hybridized carbons (Fsp3) is 0.250. The van der Waals surface area contributed by atoms with E-state index < -0.39 is 5.97 Å². The van der Waals surface area contributed by atoms with E-state index in [1.54, 1.807) is 31.2 Å². The Hall–Kier alpha value is -2.27. The number of ether oxygens (including phenoxy) is 2. The predicted octanol–water partition coefficient (Wildman–Crippen LogP) is 3.62. The quantitative estimate of drug-likeness (QED) is 0.456. The van der Waals surface area contributed by atoms with Gasteiger partial charge in [0, 0.05) is 0 Å². The second-order valence-electron chi connectivity index (χ2n) is 4.48. The molecule has 1 aliphatic heterocycles. The van der Waals surface area contributed by atoms with Gasteiger partial charge >= 0.3 is 5.97 Å². The summed E-state index contributed by atoms with van der Waals surface area (Å²) in [6.07, 6.45) is 3.27. The van der Waals surface area contributed by atoms with E-state index in [4.69, 9.17) is 21.1 Å². The Morgan fingerprint density at radius 2 is 2.18 bits per heavy atom. The van der Waals surface area contributed by atoms with Gasteiger partial charge in [-0.3, -0.25) is 0 Å². The van der Waals surface area contributed by atoms with Gasteiger partial charge in [0.1, 0.15) is 6.61 Å². The number of nitrogens with zero attached hydrogens (tertiary/aromatic N) is 1. The average Bonchev–Trinajstić information content (AvgIpc) is 2.79. The molecule has 5 nitrogen and oxygen atoms in total. The first-order valence-corrected chi connectivity index (χ1v) is 7.12. The van der Waals surface area contributed by atoms with E-state index in [0.717, 1.165) is 0 Å². The SMILES string of the molecule is C=CCOc1c(Cl)cc(/C=C2/C(=O)ON=C2C)cc1OCC. The van der Waals surface area contributed by atoms with Gasteiger partial charge in [0.25, 0.3) is 0 Å². The molecule has 6 heteroatoms. The first kappa shape index (κ1) is 16.1. The summed E-state index contributed by atoms with van der Waals surface area (Å²) < 4.78 is 11.1. The van der Waals surface area contributed by atoms with Crippen LogP contribution in [0.5, 0.6) is 11.5 Å².